The van der Waals surface area contributed by atoms with Gasteiger partial charge in [0.15, 0.2) is 5.82 Å². The van der Waals surface area contributed by atoms with E-state index < -0.39 is 0 Å². The normalized spacial score (nSPS) is 26.4. The molecule has 4 aromatic rings. The largest absolute Gasteiger partial charge is 0.351 e. The molecule has 4 aromatic heterocycles. The zero-order chi connectivity index (χ0) is 25.0. The fraction of sp³-hybridized carbons (Fsp3) is 0.423. The van der Waals surface area contributed by atoms with E-state index in [1.807, 2.05) is 25.3 Å². The second-order valence-corrected chi connectivity index (χ2v) is 12.8. The second kappa shape index (κ2) is 8.97. The van der Waals surface area contributed by atoms with E-state index in [4.69, 9.17) is 9.97 Å². The Morgan fingerprint density at radius 1 is 1.30 bits per heavy atom. The molecule has 188 valence electrons. The van der Waals surface area contributed by atoms with Crippen LogP contribution in [0.2, 0.25) is 0 Å². The summed E-state index contributed by atoms with van der Waals surface area (Å²) >= 11 is 3.35. The number of anilines is 3. The van der Waals surface area contributed by atoms with Gasteiger partial charge in [-0.05, 0) is 57.2 Å². The lowest BCUT2D eigenvalue weighted by Crippen LogP contribution is -2.68. The maximum Gasteiger partial charge on any atom is 0.226 e. The van der Waals surface area contributed by atoms with Crippen molar-refractivity contribution in [2.45, 2.75) is 78.2 Å². The zero-order valence-electron chi connectivity index (χ0n) is 20.4. The van der Waals surface area contributed by atoms with Crippen LogP contribution >= 0.6 is 23.1 Å². The molecule has 3 saturated heterocycles. The van der Waals surface area contributed by atoms with Gasteiger partial charge in [0.05, 0.1) is 22.1 Å². The van der Waals surface area contributed by atoms with Crippen molar-refractivity contribution in [3.05, 3.63) is 42.4 Å². The van der Waals surface area contributed by atoms with Gasteiger partial charge in [0, 0.05) is 52.7 Å². The number of fused-ring (bicyclic) bond motifs is 1. The maximum atomic E-state index is 9.34. The summed E-state index contributed by atoms with van der Waals surface area (Å²) in [5.74, 6) is 2.14. The molecule has 7 heterocycles. The summed E-state index contributed by atoms with van der Waals surface area (Å²) in [6.45, 7) is 1.98. The van der Waals surface area contributed by atoms with Crippen molar-refractivity contribution in [1.29, 1.82) is 5.26 Å². The van der Waals surface area contributed by atoms with Crippen LogP contribution in [-0.4, -0.2) is 53.7 Å². The Labute approximate surface area is 223 Å². The molecule has 7 rings (SSSR count). The number of rotatable bonds is 7. The van der Waals surface area contributed by atoms with Gasteiger partial charge in [-0.1, -0.05) is 11.8 Å². The van der Waals surface area contributed by atoms with Crippen LogP contribution in [0.15, 0.2) is 45.8 Å². The lowest BCUT2D eigenvalue weighted by molar-refractivity contribution is -0.0880. The molecule has 3 fully saturated rings. The Hall–Kier alpha value is -3.20. The van der Waals surface area contributed by atoms with Gasteiger partial charge < -0.3 is 10.6 Å². The molecule has 3 aliphatic rings. The van der Waals surface area contributed by atoms with Crippen LogP contribution in [0.5, 0.6) is 0 Å². The van der Waals surface area contributed by atoms with Crippen LogP contribution in [-0.2, 0) is 0 Å². The van der Waals surface area contributed by atoms with E-state index in [2.05, 4.69) is 48.9 Å². The van der Waals surface area contributed by atoms with E-state index in [9.17, 15) is 5.26 Å². The van der Waals surface area contributed by atoms with Crippen molar-refractivity contribution >= 4 is 50.9 Å². The summed E-state index contributed by atoms with van der Waals surface area (Å²) < 4.78 is 1.14. The van der Waals surface area contributed by atoms with Crippen LogP contribution in [0, 0.1) is 18.3 Å². The highest BCUT2D eigenvalue weighted by atomic mass is 32.2. The molecule has 0 spiro atoms. The number of H-pyrrole nitrogens is 1. The van der Waals surface area contributed by atoms with Gasteiger partial charge in [0.1, 0.15) is 10.6 Å². The van der Waals surface area contributed by atoms with E-state index in [-0.39, 0.29) is 5.54 Å². The molecule has 3 aliphatic heterocycles. The first-order valence-corrected chi connectivity index (χ1v) is 14.3. The Morgan fingerprint density at radius 2 is 2.22 bits per heavy atom. The summed E-state index contributed by atoms with van der Waals surface area (Å²) in [4.78, 5) is 18.8. The number of hydrogen-bond donors (Lipinski definition) is 3. The summed E-state index contributed by atoms with van der Waals surface area (Å²) in [5, 5.41) is 24.8. The molecule has 37 heavy (non-hydrogen) atoms. The van der Waals surface area contributed by atoms with E-state index in [1.54, 1.807) is 29.3 Å². The predicted octanol–water partition coefficient (Wildman–Crippen LogP) is 5.48. The summed E-state index contributed by atoms with van der Waals surface area (Å²) in [6.07, 6.45) is 9.94. The third kappa shape index (κ3) is 4.13. The topological polar surface area (TPSA) is 118 Å². The average molecular weight is 530 g/mol. The maximum absolute atomic E-state index is 9.34. The fourth-order valence-corrected chi connectivity index (χ4v) is 8.65. The molecule has 4 atom stereocenters. The second-order valence-electron chi connectivity index (χ2n) is 10.4. The van der Waals surface area contributed by atoms with Gasteiger partial charge in [0.2, 0.25) is 5.95 Å². The number of nitrogens with zero attached hydrogens (tertiary/aromatic N) is 6. The highest BCUT2D eigenvalue weighted by Crippen LogP contribution is 2.55. The quantitative estimate of drug-likeness (QED) is 0.286. The van der Waals surface area contributed by atoms with Gasteiger partial charge in [-0.3, -0.25) is 15.0 Å². The van der Waals surface area contributed by atoms with Crippen molar-refractivity contribution in [3.8, 4) is 6.07 Å². The first-order valence-electron chi connectivity index (χ1n) is 12.7. The number of aryl methyl sites for hydroxylation is 1. The third-order valence-electron chi connectivity index (χ3n) is 7.92. The third-order valence-corrected chi connectivity index (χ3v) is 10.0. The number of hydrogen-bond acceptors (Lipinski definition) is 10. The average Bonchev–Trinajstić information content (AvgIpc) is 3.55. The molecule has 0 aromatic carbocycles. The Balaban J connectivity index is 1.16. The minimum absolute atomic E-state index is 0.155. The van der Waals surface area contributed by atoms with Gasteiger partial charge in [-0.15, -0.1) is 11.3 Å². The Kier molecular flexibility index (Phi) is 5.57. The minimum Gasteiger partial charge on any atom is -0.351 e. The SMILES string of the molecule is Cc1cc(Nc2nc(N[C@H]3C[C@@H]4CCC5(CC#N)C[C@H](C3)N45)nc3sc(Sc4cccnc4)cc23)n[nH]1. The van der Waals surface area contributed by atoms with Crippen LogP contribution < -0.4 is 10.6 Å². The molecule has 0 aliphatic carbocycles. The van der Waals surface area contributed by atoms with Crippen LogP contribution in [0.1, 0.15) is 44.2 Å². The molecule has 0 amide bonds. The van der Waals surface area contributed by atoms with Gasteiger partial charge in [0.25, 0.3) is 0 Å². The molecule has 0 bridgehead atoms. The van der Waals surface area contributed by atoms with Gasteiger partial charge in [-0.25, -0.2) is 4.98 Å². The van der Waals surface area contributed by atoms with E-state index >= 15 is 0 Å². The molecular weight excluding hydrogens is 502 g/mol. The molecule has 1 unspecified atom stereocenters. The van der Waals surface area contributed by atoms with Crippen LogP contribution in [0.3, 0.4) is 0 Å². The van der Waals surface area contributed by atoms with E-state index in [1.165, 1.54) is 6.42 Å². The molecular formula is C26H27N9S2. The number of nitriles is 1. The molecule has 9 nitrogen and oxygen atoms in total. The zero-order valence-corrected chi connectivity index (χ0v) is 22.1. The first-order chi connectivity index (χ1) is 18.1. The van der Waals surface area contributed by atoms with E-state index in [0.29, 0.717) is 30.5 Å². The number of pyridine rings is 1. The number of piperidine rings is 1. The highest BCUT2D eigenvalue weighted by Gasteiger charge is 2.60. The molecule has 0 radical (unpaired) electrons. The van der Waals surface area contributed by atoms with Crippen molar-refractivity contribution in [2.75, 3.05) is 10.6 Å². The molecule has 0 saturated carbocycles. The van der Waals surface area contributed by atoms with Crippen molar-refractivity contribution in [2.24, 2.45) is 0 Å². The fourth-order valence-electron chi connectivity index (χ4n) is 6.53. The number of thiophene rings is 1. The highest BCUT2D eigenvalue weighted by molar-refractivity contribution is 8.01. The van der Waals surface area contributed by atoms with Crippen LogP contribution in [0.25, 0.3) is 10.2 Å². The number of aromatic amines is 1. The Bertz CT molecular complexity index is 1490. The van der Waals surface area contributed by atoms with Crippen molar-refractivity contribution in [3.63, 3.8) is 0 Å². The number of nitrogens with one attached hydrogen (secondary N) is 3. The van der Waals surface area contributed by atoms with Crippen LogP contribution in [0.4, 0.5) is 17.6 Å². The number of aromatic nitrogens is 5. The van der Waals surface area contributed by atoms with Gasteiger partial charge >= 0.3 is 0 Å². The van der Waals surface area contributed by atoms with Gasteiger partial charge in [-0.2, -0.15) is 15.3 Å². The van der Waals surface area contributed by atoms with Crippen molar-refractivity contribution in [1.82, 2.24) is 30.0 Å². The Morgan fingerprint density at radius 3 is 3.03 bits per heavy atom. The predicted molar refractivity (Wildman–Crippen MR) is 145 cm³/mol. The minimum atomic E-state index is 0.155. The van der Waals surface area contributed by atoms with E-state index in [0.717, 1.165) is 62.3 Å². The molecule has 3 N–H and O–H groups in total. The van der Waals surface area contributed by atoms with Crippen molar-refractivity contribution < 1.29 is 0 Å². The first kappa shape index (κ1) is 23.0. The lowest BCUT2D eigenvalue weighted by atomic mass is 9.72. The summed E-state index contributed by atoms with van der Waals surface area (Å²) in [5.41, 5.74) is 1.14. The smallest absolute Gasteiger partial charge is 0.226 e. The molecule has 11 heteroatoms. The summed E-state index contributed by atoms with van der Waals surface area (Å²) in [6, 6.07) is 12.0. The standard InChI is InChI=1S/C26H27N9S2/c1-15-9-21(34-33-15)30-23-20-12-22(36-19-3-2-8-28-14-19)37-24(20)32-25(31-23)29-16-10-17-4-5-26(6-7-27)13-18(11-16)35(17)26/h2-3,8-9,12,14,16-18H,4-6,10-11,13H2,1H3,(H3,29,30,31,32,33,34)/t16-,17-,18-,26?/m0/s1. The monoisotopic (exact) mass is 529 g/mol. The summed E-state index contributed by atoms with van der Waals surface area (Å²) in [7, 11) is 0. The lowest BCUT2D eigenvalue weighted by Gasteiger charge is -2.59.